The minimum atomic E-state index is -4.65. The maximum absolute atomic E-state index is 13.8. The van der Waals surface area contributed by atoms with Crippen LogP contribution in [0.3, 0.4) is 0 Å². The van der Waals surface area contributed by atoms with Crippen molar-refractivity contribution in [1.29, 1.82) is 0 Å². The van der Waals surface area contributed by atoms with Crippen LogP contribution >= 0.6 is 0 Å². The van der Waals surface area contributed by atoms with Gasteiger partial charge in [-0.1, -0.05) is 18.2 Å². The van der Waals surface area contributed by atoms with Crippen molar-refractivity contribution in [2.75, 3.05) is 10.6 Å². The van der Waals surface area contributed by atoms with Gasteiger partial charge in [0.25, 0.3) is 0 Å². The van der Waals surface area contributed by atoms with Crippen LogP contribution < -0.4 is 16.1 Å². The van der Waals surface area contributed by atoms with Crippen LogP contribution in [0.1, 0.15) is 38.8 Å². The number of rotatable bonds is 3. The Morgan fingerprint density at radius 2 is 1.50 bits per heavy atom. The smallest absolute Gasteiger partial charge is 0.399 e. The topological polar surface area (TPSA) is 59.6 Å². The number of hydrogen-bond donors (Lipinski definition) is 2. The molecule has 0 aromatic heterocycles. The van der Waals surface area contributed by atoms with Gasteiger partial charge in [-0.15, -0.1) is 0 Å². The zero-order valence-corrected chi connectivity index (χ0v) is 17.5. The molecule has 0 unspecified atom stereocenters. The van der Waals surface area contributed by atoms with Gasteiger partial charge in [0.1, 0.15) is 0 Å². The van der Waals surface area contributed by atoms with E-state index in [0.717, 1.165) is 11.6 Å². The zero-order valence-electron chi connectivity index (χ0n) is 17.5. The lowest BCUT2D eigenvalue weighted by Gasteiger charge is -2.32. The summed E-state index contributed by atoms with van der Waals surface area (Å²) in [5, 5.41) is 5.04. The van der Waals surface area contributed by atoms with E-state index in [4.69, 9.17) is 9.31 Å². The first-order chi connectivity index (χ1) is 13.8. The minimum Gasteiger partial charge on any atom is -0.399 e. The van der Waals surface area contributed by atoms with Crippen LogP contribution in [-0.4, -0.2) is 24.4 Å². The van der Waals surface area contributed by atoms with Crippen LogP contribution in [0, 0.1) is 6.92 Å². The molecule has 0 spiro atoms. The van der Waals surface area contributed by atoms with Gasteiger partial charge in [-0.2, -0.15) is 13.2 Å². The number of carbonyl (C=O) groups excluding carboxylic acids is 1. The Bertz CT molecular complexity index is 945. The molecule has 1 heterocycles. The first-order valence-corrected chi connectivity index (χ1v) is 9.50. The molecule has 9 heteroatoms. The fraction of sp³-hybridized carbons (Fsp3) is 0.381. The molecule has 2 N–H and O–H groups in total. The number of benzene rings is 2. The van der Waals surface area contributed by atoms with Gasteiger partial charge in [0.05, 0.1) is 16.8 Å². The molecule has 1 saturated heterocycles. The first kappa shape index (κ1) is 22.2. The molecule has 0 aliphatic carbocycles. The summed E-state index contributed by atoms with van der Waals surface area (Å²) in [6.07, 6.45) is -4.65. The number of carbonyl (C=O) groups is 1. The minimum absolute atomic E-state index is 0.00717. The van der Waals surface area contributed by atoms with Crippen LogP contribution in [0.25, 0.3) is 0 Å². The Labute approximate surface area is 174 Å². The van der Waals surface area contributed by atoms with E-state index in [0.29, 0.717) is 5.69 Å². The molecule has 5 nitrogen and oxygen atoms in total. The summed E-state index contributed by atoms with van der Waals surface area (Å²) in [7, 11) is -1.17. The van der Waals surface area contributed by atoms with E-state index in [1.54, 1.807) is 45.9 Å². The molecule has 2 amide bonds. The van der Waals surface area contributed by atoms with Gasteiger partial charge in [-0.3, -0.25) is 0 Å². The van der Waals surface area contributed by atoms with Crippen molar-refractivity contribution in [2.45, 2.75) is 52.0 Å². The summed E-state index contributed by atoms with van der Waals surface area (Å²) in [5.41, 5.74) is -1.11. The normalized spacial score (nSPS) is 17.7. The highest BCUT2D eigenvalue weighted by molar-refractivity contribution is 6.62. The van der Waals surface area contributed by atoms with E-state index in [9.17, 15) is 18.0 Å². The van der Waals surface area contributed by atoms with E-state index >= 15 is 0 Å². The highest BCUT2D eigenvalue weighted by atomic mass is 19.4. The largest absolute Gasteiger partial charge is 0.495 e. The van der Waals surface area contributed by atoms with Crippen molar-refractivity contribution in [2.24, 2.45) is 0 Å². The number of urea groups is 1. The maximum atomic E-state index is 13.8. The molecule has 160 valence electrons. The van der Waals surface area contributed by atoms with Gasteiger partial charge in [-0.05, 0) is 69.9 Å². The summed E-state index contributed by atoms with van der Waals surface area (Å²) in [6, 6.07) is 9.99. The van der Waals surface area contributed by atoms with E-state index in [-0.39, 0.29) is 11.2 Å². The highest BCUT2D eigenvalue weighted by Crippen LogP contribution is 2.38. The van der Waals surface area contributed by atoms with Gasteiger partial charge >= 0.3 is 19.3 Å². The van der Waals surface area contributed by atoms with Gasteiger partial charge in [0.15, 0.2) is 0 Å². The third kappa shape index (κ3) is 4.62. The van der Waals surface area contributed by atoms with Gasteiger partial charge in [0.2, 0.25) is 0 Å². The number of amides is 2. The van der Waals surface area contributed by atoms with Crippen molar-refractivity contribution in [1.82, 2.24) is 0 Å². The molecular formula is C21H24BF3N2O3. The maximum Gasteiger partial charge on any atom is 0.495 e. The fourth-order valence-corrected chi connectivity index (χ4v) is 3.07. The van der Waals surface area contributed by atoms with E-state index < -0.39 is 36.1 Å². The third-order valence-electron chi connectivity index (χ3n) is 5.40. The van der Waals surface area contributed by atoms with Crippen molar-refractivity contribution in [3.05, 3.63) is 53.6 Å². The van der Waals surface area contributed by atoms with Crippen molar-refractivity contribution in [3.8, 4) is 0 Å². The van der Waals surface area contributed by atoms with E-state index in [2.05, 4.69) is 10.6 Å². The lowest BCUT2D eigenvalue weighted by molar-refractivity contribution is -0.136. The second-order valence-electron chi connectivity index (χ2n) is 8.34. The summed E-state index contributed by atoms with van der Waals surface area (Å²) in [6.45, 7) is 8.95. The molecule has 2 aromatic carbocycles. The lowest BCUT2D eigenvalue weighted by atomic mass is 9.75. The van der Waals surface area contributed by atoms with Crippen molar-refractivity contribution in [3.63, 3.8) is 0 Å². The second-order valence-corrected chi connectivity index (χ2v) is 8.34. The molecule has 1 aliphatic rings. The first-order valence-electron chi connectivity index (χ1n) is 9.50. The molecule has 0 atom stereocenters. The number of anilines is 2. The summed E-state index contributed by atoms with van der Waals surface area (Å²) < 4.78 is 52.8. The molecule has 0 radical (unpaired) electrons. The number of halogens is 3. The summed E-state index contributed by atoms with van der Waals surface area (Å²) in [5.74, 6) is 0. The predicted octanol–water partition coefficient (Wildman–Crippen LogP) is 4.96. The number of aryl methyl sites for hydroxylation is 1. The summed E-state index contributed by atoms with van der Waals surface area (Å²) >= 11 is 0. The Morgan fingerprint density at radius 3 is 2.03 bits per heavy atom. The lowest BCUT2D eigenvalue weighted by Crippen LogP contribution is -2.41. The molecule has 0 bridgehead atoms. The summed E-state index contributed by atoms with van der Waals surface area (Å²) in [4.78, 5) is 12.2. The van der Waals surface area contributed by atoms with E-state index in [1.807, 2.05) is 13.0 Å². The average molecular weight is 420 g/mol. The SMILES string of the molecule is Cc1cccc(NC(=O)Nc2ccc(B3OC(C)(C)C(C)(C)O3)c(C(F)(F)F)c2)c1. The van der Waals surface area contributed by atoms with Crippen molar-refractivity contribution < 1.29 is 27.3 Å². The standard InChI is InChI=1S/C21H24BF3N2O3/c1-13-7-6-8-14(11-13)26-18(28)27-15-9-10-17(16(12-15)21(23,24)25)22-29-19(2,3)20(4,5)30-22/h6-12H,1-5H3,(H2,26,27,28). The number of hydrogen-bond acceptors (Lipinski definition) is 3. The highest BCUT2D eigenvalue weighted by Gasteiger charge is 2.53. The third-order valence-corrected chi connectivity index (χ3v) is 5.40. The molecule has 30 heavy (non-hydrogen) atoms. The molecule has 0 saturated carbocycles. The number of alkyl halides is 3. The quantitative estimate of drug-likeness (QED) is 0.691. The molecule has 1 fully saturated rings. The average Bonchev–Trinajstić information content (AvgIpc) is 2.81. The van der Waals surface area contributed by atoms with Gasteiger partial charge in [-0.25, -0.2) is 4.79 Å². The Kier molecular flexibility index (Phi) is 5.64. The Morgan fingerprint density at radius 1 is 0.933 bits per heavy atom. The van der Waals surface area contributed by atoms with Crippen LogP contribution in [-0.2, 0) is 15.5 Å². The Balaban J connectivity index is 1.84. The molecule has 3 rings (SSSR count). The Hall–Kier alpha value is -2.52. The van der Waals surface area contributed by atoms with Gasteiger partial charge < -0.3 is 19.9 Å². The van der Waals surface area contributed by atoms with Gasteiger partial charge in [0, 0.05) is 11.4 Å². The monoisotopic (exact) mass is 420 g/mol. The number of nitrogens with one attached hydrogen (secondary N) is 2. The fourth-order valence-electron chi connectivity index (χ4n) is 3.07. The predicted molar refractivity (Wildman–Crippen MR) is 111 cm³/mol. The van der Waals surface area contributed by atoms with Crippen molar-refractivity contribution >= 4 is 30.0 Å². The van der Waals surface area contributed by atoms with Crippen LogP contribution in [0.4, 0.5) is 29.3 Å². The molecule has 1 aliphatic heterocycles. The van der Waals surface area contributed by atoms with Crippen LogP contribution in [0.5, 0.6) is 0 Å². The zero-order chi connectivity index (χ0) is 22.3. The molecule has 2 aromatic rings. The second kappa shape index (κ2) is 7.63. The van der Waals surface area contributed by atoms with Crippen LogP contribution in [0.15, 0.2) is 42.5 Å². The van der Waals surface area contributed by atoms with E-state index in [1.165, 1.54) is 12.1 Å². The van der Waals surface area contributed by atoms with Crippen LogP contribution in [0.2, 0.25) is 0 Å². The molecular weight excluding hydrogens is 396 g/mol.